The van der Waals surface area contributed by atoms with E-state index in [0.717, 1.165) is 0 Å². The number of ether oxygens (including phenoxy) is 1. The Labute approximate surface area is 98.5 Å². The molecule has 0 aliphatic carbocycles. The lowest BCUT2D eigenvalue weighted by Gasteiger charge is -2.15. The molecule has 0 saturated carbocycles. The van der Waals surface area contributed by atoms with E-state index in [2.05, 4.69) is 4.98 Å². The average Bonchev–Trinajstić information content (AvgIpc) is 2.38. The van der Waals surface area contributed by atoms with E-state index in [1.807, 2.05) is 0 Å². The highest BCUT2D eigenvalue weighted by Crippen LogP contribution is 2.30. The van der Waals surface area contributed by atoms with Gasteiger partial charge in [-0.05, 0) is 12.1 Å². The van der Waals surface area contributed by atoms with Crippen molar-refractivity contribution >= 4 is 0 Å². The summed E-state index contributed by atoms with van der Waals surface area (Å²) in [7, 11) is 1.48. The minimum absolute atomic E-state index is 0.219. The van der Waals surface area contributed by atoms with Gasteiger partial charge in [0.2, 0.25) is 0 Å². The Morgan fingerprint density at radius 2 is 2.00 bits per heavy atom. The minimum atomic E-state index is -1.06. The highest BCUT2D eigenvalue weighted by molar-refractivity contribution is 5.38. The number of methoxy groups -OCH3 is 1. The van der Waals surface area contributed by atoms with Crippen LogP contribution in [-0.4, -0.2) is 17.2 Å². The van der Waals surface area contributed by atoms with E-state index < -0.39 is 11.9 Å². The van der Waals surface area contributed by atoms with Crippen LogP contribution in [0.15, 0.2) is 42.7 Å². The molecule has 0 aliphatic rings. The van der Waals surface area contributed by atoms with Crippen molar-refractivity contribution in [1.82, 2.24) is 4.98 Å². The quantitative estimate of drug-likeness (QED) is 0.884. The van der Waals surface area contributed by atoms with Crippen LogP contribution in [0, 0.1) is 5.82 Å². The Hall–Kier alpha value is -1.94. The number of pyridine rings is 1. The van der Waals surface area contributed by atoms with Crippen molar-refractivity contribution in [3.8, 4) is 5.75 Å². The average molecular weight is 233 g/mol. The summed E-state index contributed by atoms with van der Waals surface area (Å²) in [6, 6.07) is 7.71. The number of aliphatic hydroxyl groups is 1. The predicted molar refractivity (Wildman–Crippen MR) is 61.3 cm³/mol. The number of aromatic nitrogens is 1. The second-order valence-electron chi connectivity index (χ2n) is 3.54. The maximum Gasteiger partial charge on any atom is 0.143 e. The summed E-state index contributed by atoms with van der Waals surface area (Å²) in [5.41, 5.74) is 0.713. The number of nitrogens with zero attached hydrogens (tertiary/aromatic N) is 1. The zero-order valence-electron chi connectivity index (χ0n) is 9.30. The molecule has 0 amide bonds. The van der Waals surface area contributed by atoms with Crippen LogP contribution < -0.4 is 4.74 Å². The summed E-state index contributed by atoms with van der Waals surface area (Å²) in [5, 5.41) is 10.1. The first-order valence-electron chi connectivity index (χ1n) is 5.14. The van der Waals surface area contributed by atoms with E-state index in [9.17, 15) is 9.50 Å². The predicted octanol–water partition coefficient (Wildman–Crippen LogP) is 2.31. The van der Waals surface area contributed by atoms with E-state index in [4.69, 9.17) is 4.74 Å². The fourth-order valence-corrected chi connectivity index (χ4v) is 1.65. The van der Waals surface area contributed by atoms with Gasteiger partial charge in [-0.3, -0.25) is 4.98 Å². The molecule has 0 fully saturated rings. The van der Waals surface area contributed by atoms with E-state index in [-0.39, 0.29) is 5.56 Å². The van der Waals surface area contributed by atoms with Crippen LogP contribution in [-0.2, 0) is 0 Å². The van der Waals surface area contributed by atoms with Crippen LogP contribution >= 0.6 is 0 Å². The van der Waals surface area contributed by atoms with Gasteiger partial charge in [0, 0.05) is 17.3 Å². The molecular weight excluding hydrogens is 221 g/mol. The molecule has 2 aromatic rings. The van der Waals surface area contributed by atoms with E-state index in [1.54, 1.807) is 24.3 Å². The van der Waals surface area contributed by atoms with Crippen molar-refractivity contribution in [2.75, 3.05) is 7.11 Å². The topological polar surface area (TPSA) is 42.4 Å². The molecule has 3 nitrogen and oxygen atoms in total. The number of hydrogen-bond acceptors (Lipinski definition) is 3. The Morgan fingerprint density at radius 1 is 1.24 bits per heavy atom. The van der Waals surface area contributed by atoms with Crippen LogP contribution in [0.3, 0.4) is 0 Å². The molecule has 1 atom stereocenters. The SMILES string of the molecule is COc1cnccc1C(O)c1ccccc1F. The molecule has 0 aliphatic heterocycles. The number of halogens is 1. The molecule has 2 rings (SSSR count). The molecule has 1 aromatic carbocycles. The van der Waals surface area contributed by atoms with Gasteiger partial charge in [-0.15, -0.1) is 0 Å². The van der Waals surface area contributed by atoms with Gasteiger partial charge < -0.3 is 9.84 Å². The van der Waals surface area contributed by atoms with E-state index in [1.165, 1.54) is 25.6 Å². The second-order valence-corrected chi connectivity index (χ2v) is 3.54. The second kappa shape index (κ2) is 4.93. The number of benzene rings is 1. The Morgan fingerprint density at radius 3 is 2.71 bits per heavy atom. The molecule has 1 aromatic heterocycles. The largest absolute Gasteiger partial charge is 0.495 e. The highest BCUT2D eigenvalue weighted by atomic mass is 19.1. The van der Waals surface area contributed by atoms with Gasteiger partial charge in [0.1, 0.15) is 17.7 Å². The Bertz CT molecular complexity index is 516. The molecule has 0 spiro atoms. The number of rotatable bonds is 3. The molecule has 0 radical (unpaired) electrons. The van der Waals surface area contributed by atoms with Crippen molar-refractivity contribution in [3.63, 3.8) is 0 Å². The number of hydrogen-bond donors (Lipinski definition) is 1. The molecule has 4 heteroatoms. The standard InChI is InChI=1S/C13H12FNO2/c1-17-12-8-15-7-6-10(12)13(16)9-4-2-3-5-11(9)14/h2-8,13,16H,1H3. The van der Waals surface area contributed by atoms with Crippen molar-refractivity contribution < 1.29 is 14.2 Å². The van der Waals surface area contributed by atoms with Crippen LogP contribution in [0.25, 0.3) is 0 Å². The van der Waals surface area contributed by atoms with Crippen LogP contribution in [0.5, 0.6) is 5.75 Å². The lowest BCUT2D eigenvalue weighted by atomic mass is 10.0. The normalized spacial score (nSPS) is 12.2. The number of aliphatic hydroxyl groups excluding tert-OH is 1. The maximum absolute atomic E-state index is 13.5. The van der Waals surface area contributed by atoms with Crippen molar-refractivity contribution in [2.24, 2.45) is 0 Å². The molecule has 88 valence electrons. The van der Waals surface area contributed by atoms with Gasteiger partial charge in [0.25, 0.3) is 0 Å². The molecule has 1 unspecified atom stereocenters. The Balaban J connectivity index is 2.44. The third-order valence-electron chi connectivity index (χ3n) is 2.53. The fraction of sp³-hybridized carbons (Fsp3) is 0.154. The third kappa shape index (κ3) is 2.26. The molecule has 0 bridgehead atoms. The van der Waals surface area contributed by atoms with Gasteiger partial charge >= 0.3 is 0 Å². The maximum atomic E-state index is 13.5. The van der Waals surface area contributed by atoms with Gasteiger partial charge in [0.15, 0.2) is 0 Å². The van der Waals surface area contributed by atoms with Crippen molar-refractivity contribution in [3.05, 3.63) is 59.7 Å². The zero-order chi connectivity index (χ0) is 12.3. The first kappa shape index (κ1) is 11.5. The summed E-state index contributed by atoms with van der Waals surface area (Å²) in [4.78, 5) is 3.88. The van der Waals surface area contributed by atoms with Gasteiger partial charge in [-0.2, -0.15) is 0 Å². The molecule has 1 heterocycles. The molecule has 1 N–H and O–H groups in total. The summed E-state index contributed by atoms with van der Waals surface area (Å²) in [5.74, 6) is -0.0119. The van der Waals surface area contributed by atoms with Gasteiger partial charge in [0.05, 0.1) is 13.3 Å². The Kier molecular flexibility index (Phi) is 3.35. The lowest BCUT2D eigenvalue weighted by molar-refractivity contribution is 0.209. The van der Waals surface area contributed by atoms with Crippen molar-refractivity contribution in [2.45, 2.75) is 6.10 Å². The summed E-state index contributed by atoms with van der Waals surface area (Å²) < 4.78 is 18.6. The van der Waals surface area contributed by atoms with Crippen LogP contribution in [0.4, 0.5) is 4.39 Å². The van der Waals surface area contributed by atoms with Crippen LogP contribution in [0.1, 0.15) is 17.2 Å². The molecule has 17 heavy (non-hydrogen) atoms. The summed E-state index contributed by atoms with van der Waals surface area (Å²) in [6.07, 6.45) is 1.95. The monoisotopic (exact) mass is 233 g/mol. The molecular formula is C13H12FNO2. The first-order chi connectivity index (χ1) is 8.24. The first-order valence-corrected chi connectivity index (χ1v) is 5.14. The van der Waals surface area contributed by atoms with Gasteiger partial charge in [-0.1, -0.05) is 18.2 Å². The highest BCUT2D eigenvalue weighted by Gasteiger charge is 2.18. The summed E-state index contributed by atoms with van der Waals surface area (Å²) in [6.45, 7) is 0. The van der Waals surface area contributed by atoms with Crippen LogP contribution in [0.2, 0.25) is 0 Å². The minimum Gasteiger partial charge on any atom is -0.495 e. The van der Waals surface area contributed by atoms with E-state index >= 15 is 0 Å². The smallest absolute Gasteiger partial charge is 0.143 e. The van der Waals surface area contributed by atoms with E-state index in [0.29, 0.717) is 11.3 Å². The zero-order valence-corrected chi connectivity index (χ0v) is 9.30. The summed E-state index contributed by atoms with van der Waals surface area (Å²) >= 11 is 0. The third-order valence-corrected chi connectivity index (χ3v) is 2.53. The van der Waals surface area contributed by atoms with Crippen molar-refractivity contribution in [1.29, 1.82) is 0 Å². The van der Waals surface area contributed by atoms with Gasteiger partial charge in [-0.25, -0.2) is 4.39 Å². The lowest BCUT2D eigenvalue weighted by Crippen LogP contribution is -2.04. The molecule has 0 saturated heterocycles. The fourth-order valence-electron chi connectivity index (χ4n) is 1.65.